The van der Waals surface area contributed by atoms with E-state index in [1.54, 1.807) is 6.33 Å². The van der Waals surface area contributed by atoms with E-state index in [1.165, 1.54) is 44.1 Å². The second-order valence-corrected chi connectivity index (χ2v) is 11.2. The van der Waals surface area contributed by atoms with Crippen LogP contribution in [0.2, 0.25) is 0 Å². The summed E-state index contributed by atoms with van der Waals surface area (Å²) in [6.45, 7) is 4.64. The smallest absolute Gasteiger partial charge is 0.115 e. The van der Waals surface area contributed by atoms with Gasteiger partial charge >= 0.3 is 0 Å². The second kappa shape index (κ2) is 8.90. The molecule has 0 radical (unpaired) electrons. The number of aromatic nitrogens is 3. The first-order chi connectivity index (χ1) is 20.1. The largest absolute Gasteiger partial charge is 0.309 e. The van der Waals surface area contributed by atoms with Gasteiger partial charge in [-0.05, 0) is 70.8 Å². The summed E-state index contributed by atoms with van der Waals surface area (Å²) >= 11 is 0. The Morgan fingerprint density at radius 2 is 1.22 bits per heavy atom. The minimum absolute atomic E-state index is 0.0894. The number of fused-ring (bicyclic) bond motifs is 6. The highest BCUT2D eigenvalue weighted by Crippen LogP contribution is 2.50. The van der Waals surface area contributed by atoms with Crippen LogP contribution < -0.4 is 4.90 Å². The van der Waals surface area contributed by atoms with E-state index in [0.717, 1.165) is 22.7 Å². The molecule has 0 atom stereocenters. The number of nitrogens with zero attached hydrogens (tertiary/aromatic N) is 4. The fourth-order valence-corrected chi connectivity index (χ4v) is 6.64. The first kappa shape index (κ1) is 23.6. The Morgan fingerprint density at radius 1 is 0.561 bits per heavy atom. The molecule has 4 heteroatoms. The van der Waals surface area contributed by atoms with Crippen LogP contribution in [0.25, 0.3) is 38.6 Å². The quantitative estimate of drug-likeness (QED) is 0.228. The van der Waals surface area contributed by atoms with Gasteiger partial charge in [0.25, 0.3) is 0 Å². The molecular weight excluding hydrogens is 500 g/mol. The van der Waals surface area contributed by atoms with Crippen molar-refractivity contribution >= 4 is 38.9 Å². The van der Waals surface area contributed by atoms with Gasteiger partial charge in [0.2, 0.25) is 0 Å². The molecule has 0 saturated heterocycles. The molecule has 0 saturated carbocycles. The number of rotatable bonds is 4. The summed E-state index contributed by atoms with van der Waals surface area (Å²) in [6, 6.07) is 41.6. The third-order valence-corrected chi connectivity index (χ3v) is 8.56. The van der Waals surface area contributed by atoms with Gasteiger partial charge in [0, 0.05) is 33.2 Å². The van der Waals surface area contributed by atoms with Gasteiger partial charge in [0.1, 0.15) is 6.33 Å². The van der Waals surface area contributed by atoms with E-state index >= 15 is 0 Å². The SMILES string of the molecule is CC1(C)c2ccccc2-c2ccc(N(c3cncnc3)c3ccc4c(c3)c3ccccc3n4-c3ccccc3)cc21. The molecule has 1 aliphatic carbocycles. The summed E-state index contributed by atoms with van der Waals surface area (Å²) in [7, 11) is 0. The van der Waals surface area contributed by atoms with Gasteiger partial charge in [-0.15, -0.1) is 0 Å². The van der Waals surface area contributed by atoms with Gasteiger partial charge < -0.3 is 9.47 Å². The number of hydrogen-bond acceptors (Lipinski definition) is 3. The highest BCUT2D eigenvalue weighted by atomic mass is 15.2. The Bertz CT molecular complexity index is 2070. The highest BCUT2D eigenvalue weighted by molar-refractivity contribution is 6.10. The van der Waals surface area contributed by atoms with E-state index in [0.29, 0.717) is 0 Å². The lowest BCUT2D eigenvalue weighted by atomic mass is 9.82. The van der Waals surface area contributed by atoms with E-state index in [4.69, 9.17) is 0 Å². The van der Waals surface area contributed by atoms with Crippen LogP contribution in [0.3, 0.4) is 0 Å². The molecule has 0 spiro atoms. The van der Waals surface area contributed by atoms with Crippen LogP contribution >= 0.6 is 0 Å². The third-order valence-electron chi connectivity index (χ3n) is 8.56. The molecule has 0 unspecified atom stereocenters. The summed E-state index contributed by atoms with van der Waals surface area (Å²) in [5, 5.41) is 2.43. The van der Waals surface area contributed by atoms with Crippen molar-refractivity contribution in [2.24, 2.45) is 0 Å². The van der Waals surface area contributed by atoms with E-state index < -0.39 is 0 Å². The molecule has 0 aliphatic heterocycles. The Hall–Kier alpha value is -5.22. The molecular formula is C37H28N4. The van der Waals surface area contributed by atoms with Gasteiger partial charge in [0.15, 0.2) is 0 Å². The molecule has 8 rings (SSSR count). The molecule has 1 aliphatic rings. The zero-order valence-electron chi connectivity index (χ0n) is 23.0. The third kappa shape index (κ3) is 3.54. The molecule has 5 aromatic carbocycles. The zero-order valence-corrected chi connectivity index (χ0v) is 23.0. The topological polar surface area (TPSA) is 34.0 Å². The normalized spacial score (nSPS) is 13.3. The summed E-state index contributed by atoms with van der Waals surface area (Å²) in [4.78, 5) is 11.0. The summed E-state index contributed by atoms with van der Waals surface area (Å²) in [6.07, 6.45) is 5.36. The Kier molecular flexibility index (Phi) is 5.13. The van der Waals surface area contributed by atoms with Crippen LogP contribution in [-0.4, -0.2) is 14.5 Å². The van der Waals surface area contributed by atoms with E-state index in [9.17, 15) is 0 Å². The molecule has 0 N–H and O–H groups in total. The van der Waals surface area contributed by atoms with Crippen LogP contribution in [0.5, 0.6) is 0 Å². The molecule has 41 heavy (non-hydrogen) atoms. The van der Waals surface area contributed by atoms with Crippen molar-refractivity contribution in [3.63, 3.8) is 0 Å². The van der Waals surface area contributed by atoms with Crippen molar-refractivity contribution in [1.29, 1.82) is 0 Å². The molecule has 0 fully saturated rings. The van der Waals surface area contributed by atoms with Crippen molar-refractivity contribution in [2.45, 2.75) is 19.3 Å². The molecule has 2 aromatic heterocycles. The molecule has 4 nitrogen and oxygen atoms in total. The van der Waals surface area contributed by atoms with Crippen molar-refractivity contribution < 1.29 is 0 Å². The predicted molar refractivity (Wildman–Crippen MR) is 169 cm³/mol. The maximum atomic E-state index is 4.39. The van der Waals surface area contributed by atoms with Crippen molar-refractivity contribution in [1.82, 2.24) is 14.5 Å². The lowest BCUT2D eigenvalue weighted by molar-refractivity contribution is 0.660. The minimum Gasteiger partial charge on any atom is -0.309 e. The van der Waals surface area contributed by atoms with Gasteiger partial charge in [-0.3, -0.25) is 0 Å². The summed E-state index contributed by atoms with van der Waals surface area (Å²) in [5.74, 6) is 0. The highest BCUT2D eigenvalue weighted by Gasteiger charge is 2.35. The van der Waals surface area contributed by atoms with Crippen LogP contribution in [0.4, 0.5) is 17.1 Å². The first-order valence-electron chi connectivity index (χ1n) is 14.0. The fraction of sp³-hybridized carbons (Fsp3) is 0.0811. The van der Waals surface area contributed by atoms with Crippen molar-refractivity contribution in [3.8, 4) is 16.8 Å². The Morgan fingerprint density at radius 3 is 2.07 bits per heavy atom. The zero-order chi connectivity index (χ0) is 27.6. The van der Waals surface area contributed by atoms with E-state index in [-0.39, 0.29) is 5.41 Å². The Balaban J connectivity index is 1.35. The fourth-order valence-electron chi connectivity index (χ4n) is 6.64. The number of hydrogen-bond donors (Lipinski definition) is 0. The van der Waals surface area contributed by atoms with Crippen LogP contribution in [0.1, 0.15) is 25.0 Å². The standard InChI is InChI=1S/C37H28N4/c1-37(2)33-14-8-6-12-29(33)30-18-16-27(21-34(30)37)40(28-22-38-24-39-23-28)26-17-19-36-32(20-26)31-13-7-9-15-35(31)41(36)25-10-4-3-5-11-25/h3-24H,1-2H3. The second-order valence-electron chi connectivity index (χ2n) is 11.2. The van der Waals surface area contributed by atoms with Gasteiger partial charge in [-0.25, -0.2) is 9.97 Å². The van der Waals surface area contributed by atoms with E-state index in [2.05, 4.69) is 149 Å². The number of anilines is 3. The number of benzene rings is 5. The molecule has 2 heterocycles. The maximum absolute atomic E-state index is 4.39. The summed E-state index contributed by atoms with van der Waals surface area (Å²) < 4.78 is 2.35. The van der Waals surface area contributed by atoms with Gasteiger partial charge in [0.05, 0.1) is 29.1 Å². The van der Waals surface area contributed by atoms with Crippen LogP contribution in [-0.2, 0) is 5.41 Å². The maximum Gasteiger partial charge on any atom is 0.115 e. The lowest BCUT2D eigenvalue weighted by Crippen LogP contribution is -2.16. The average Bonchev–Trinajstić information content (AvgIpc) is 3.47. The van der Waals surface area contributed by atoms with Crippen LogP contribution in [0, 0.1) is 0 Å². The summed E-state index contributed by atoms with van der Waals surface area (Å²) in [5.41, 5.74) is 11.8. The van der Waals surface area contributed by atoms with Gasteiger partial charge in [-0.2, -0.15) is 0 Å². The predicted octanol–water partition coefficient (Wildman–Crippen LogP) is 9.35. The number of para-hydroxylation sites is 2. The minimum atomic E-state index is -0.0894. The van der Waals surface area contributed by atoms with Crippen molar-refractivity contribution in [2.75, 3.05) is 4.90 Å². The van der Waals surface area contributed by atoms with E-state index in [1.807, 2.05) is 12.4 Å². The monoisotopic (exact) mass is 528 g/mol. The molecule has 0 bridgehead atoms. The first-order valence-corrected chi connectivity index (χ1v) is 14.0. The van der Waals surface area contributed by atoms with Gasteiger partial charge in [-0.1, -0.05) is 80.6 Å². The lowest BCUT2D eigenvalue weighted by Gasteiger charge is -2.27. The average molecular weight is 529 g/mol. The van der Waals surface area contributed by atoms with Crippen molar-refractivity contribution in [3.05, 3.63) is 145 Å². The molecule has 196 valence electrons. The molecule has 0 amide bonds. The Labute approximate surface area is 239 Å². The van der Waals surface area contributed by atoms with Crippen LogP contribution in [0.15, 0.2) is 134 Å². The molecule has 7 aromatic rings.